The molecule has 80 valence electrons. The fourth-order valence-electron chi connectivity index (χ4n) is 1.68. The van der Waals surface area contributed by atoms with Gasteiger partial charge in [0, 0.05) is 14.6 Å². The Labute approximate surface area is 109 Å². The molecule has 0 aliphatic heterocycles. The lowest BCUT2D eigenvalue weighted by Gasteiger charge is -1.97. The predicted octanol–water partition coefficient (Wildman–Crippen LogP) is 4.57. The number of rotatable bonds is 0. The molecular formula is C11H6BrClN2S. The molecule has 0 N–H and O–H groups in total. The molecule has 0 aliphatic rings. The maximum atomic E-state index is 6.06. The molecule has 3 aromatic rings. The van der Waals surface area contributed by atoms with Gasteiger partial charge in [0.15, 0.2) is 0 Å². The molecule has 16 heavy (non-hydrogen) atoms. The lowest BCUT2D eigenvalue weighted by molar-refractivity contribution is 1.23. The summed E-state index contributed by atoms with van der Waals surface area (Å²) in [6.07, 6.45) is 1.51. The number of aryl methyl sites for hydroxylation is 1. The van der Waals surface area contributed by atoms with Gasteiger partial charge in [-0.15, -0.1) is 11.3 Å². The normalized spacial score (nSPS) is 11.4. The fourth-order valence-corrected chi connectivity index (χ4v) is 3.48. The van der Waals surface area contributed by atoms with Crippen molar-refractivity contribution < 1.29 is 0 Å². The summed E-state index contributed by atoms with van der Waals surface area (Å²) < 4.78 is 3.24. The second-order valence-electron chi connectivity index (χ2n) is 3.54. The molecule has 0 bridgehead atoms. The van der Waals surface area contributed by atoms with Gasteiger partial charge in [-0.25, -0.2) is 9.97 Å². The van der Waals surface area contributed by atoms with Crippen LogP contribution in [0.2, 0.25) is 5.15 Å². The van der Waals surface area contributed by atoms with Gasteiger partial charge in [0.1, 0.15) is 11.5 Å². The highest BCUT2D eigenvalue weighted by atomic mass is 79.9. The SMILES string of the molecule is Cc1cc2c(cc1Br)sc1c(Cl)ncnc12. The molecule has 0 unspecified atom stereocenters. The molecule has 0 saturated carbocycles. The summed E-state index contributed by atoms with van der Waals surface area (Å²) in [7, 11) is 0. The third-order valence-electron chi connectivity index (χ3n) is 2.49. The summed E-state index contributed by atoms with van der Waals surface area (Å²) >= 11 is 11.2. The zero-order valence-electron chi connectivity index (χ0n) is 8.29. The molecule has 2 aromatic heterocycles. The average Bonchev–Trinajstić information content (AvgIpc) is 2.59. The number of halogens is 2. The van der Waals surface area contributed by atoms with Crippen molar-refractivity contribution in [2.24, 2.45) is 0 Å². The number of nitrogens with zero attached hydrogens (tertiary/aromatic N) is 2. The molecule has 0 saturated heterocycles. The topological polar surface area (TPSA) is 25.8 Å². The Balaban J connectivity index is 2.56. The van der Waals surface area contributed by atoms with Crippen LogP contribution in [0.25, 0.3) is 20.3 Å². The van der Waals surface area contributed by atoms with Crippen molar-refractivity contribution in [3.05, 3.63) is 33.6 Å². The second kappa shape index (κ2) is 3.65. The van der Waals surface area contributed by atoms with Gasteiger partial charge in [0.25, 0.3) is 0 Å². The van der Waals surface area contributed by atoms with E-state index in [2.05, 4.69) is 45.0 Å². The summed E-state index contributed by atoms with van der Waals surface area (Å²) in [5.41, 5.74) is 2.14. The molecule has 5 heteroatoms. The van der Waals surface area contributed by atoms with Crippen molar-refractivity contribution in [1.29, 1.82) is 0 Å². The zero-order chi connectivity index (χ0) is 11.3. The molecule has 0 fully saturated rings. The van der Waals surface area contributed by atoms with E-state index in [0.29, 0.717) is 5.15 Å². The molecule has 1 aromatic carbocycles. The summed E-state index contributed by atoms with van der Waals surface area (Å²) in [4.78, 5) is 8.30. The number of hydrogen-bond acceptors (Lipinski definition) is 3. The van der Waals surface area contributed by atoms with E-state index in [-0.39, 0.29) is 0 Å². The highest BCUT2D eigenvalue weighted by molar-refractivity contribution is 9.10. The lowest BCUT2D eigenvalue weighted by Crippen LogP contribution is -1.79. The molecule has 3 rings (SSSR count). The maximum Gasteiger partial charge on any atom is 0.150 e. The van der Waals surface area contributed by atoms with E-state index in [4.69, 9.17) is 11.6 Å². The zero-order valence-corrected chi connectivity index (χ0v) is 11.4. The molecular weight excluding hydrogens is 308 g/mol. The van der Waals surface area contributed by atoms with E-state index in [9.17, 15) is 0 Å². The Morgan fingerprint density at radius 3 is 2.94 bits per heavy atom. The van der Waals surface area contributed by atoms with Crippen LogP contribution in [0.4, 0.5) is 0 Å². The number of benzene rings is 1. The summed E-state index contributed by atoms with van der Waals surface area (Å²) in [5, 5.41) is 1.67. The van der Waals surface area contributed by atoms with Crippen LogP contribution in [0.15, 0.2) is 22.9 Å². The third kappa shape index (κ3) is 1.44. The van der Waals surface area contributed by atoms with Gasteiger partial charge in [0.05, 0.1) is 10.2 Å². The van der Waals surface area contributed by atoms with Gasteiger partial charge in [-0.05, 0) is 24.6 Å². The van der Waals surface area contributed by atoms with Crippen LogP contribution in [-0.2, 0) is 0 Å². The van der Waals surface area contributed by atoms with Gasteiger partial charge in [-0.1, -0.05) is 27.5 Å². The van der Waals surface area contributed by atoms with E-state index in [1.165, 1.54) is 16.6 Å². The first-order chi connectivity index (χ1) is 7.66. The number of hydrogen-bond donors (Lipinski definition) is 0. The Bertz CT molecular complexity index is 708. The quantitative estimate of drug-likeness (QED) is 0.568. The van der Waals surface area contributed by atoms with Gasteiger partial charge < -0.3 is 0 Å². The first kappa shape index (κ1) is 10.4. The highest BCUT2D eigenvalue weighted by Gasteiger charge is 2.11. The third-order valence-corrected chi connectivity index (χ3v) is 4.89. The van der Waals surface area contributed by atoms with Crippen LogP contribution in [0.3, 0.4) is 0 Å². The summed E-state index contributed by atoms with van der Waals surface area (Å²) in [5.74, 6) is 0. The molecule has 0 amide bonds. The molecule has 0 atom stereocenters. The monoisotopic (exact) mass is 312 g/mol. The van der Waals surface area contributed by atoms with Crippen LogP contribution < -0.4 is 0 Å². The largest absolute Gasteiger partial charge is 0.235 e. The number of aromatic nitrogens is 2. The van der Waals surface area contributed by atoms with E-state index in [1.54, 1.807) is 11.3 Å². The standard InChI is InChI=1S/C11H6BrClN2S/c1-5-2-6-8(3-7(5)12)16-10-9(6)14-4-15-11(10)13/h2-4H,1H3. The first-order valence-corrected chi connectivity index (χ1v) is 6.64. The van der Waals surface area contributed by atoms with Crippen molar-refractivity contribution in [3.8, 4) is 0 Å². The molecule has 0 aliphatic carbocycles. The van der Waals surface area contributed by atoms with Gasteiger partial charge in [0.2, 0.25) is 0 Å². The second-order valence-corrected chi connectivity index (χ2v) is 5.81. The fraction of sp³-hybridized carbons (Fsp3) is 0.0909. The average molecular weight is 314 g/mol. The minimum atomic E-state index is 0.528. The van der Waals surface area contributed by atoms with Crippen LogP contribution in [0, 0.1) is 6.92 Å². The Morgan fingerprint density at radius 1 is 1.31 bits per heavy atom. The van der Waals surface area contributed by atoms with Gasteiger partial charge in [-0.3, -0.25) is 0 Å². The van der Waals surface area contributed by atoms with E-state index < -0.39 is 0 Å². The van der Waals surface area contributed by atoms with Crippen molar-refractivity contribution in [2.45, 2.75) is 6.92 Å². The van der Waals surface area contributed by atoms with Crippen LogP contribution in [-0.4, -0.2) is 9.97 Å². The minimum Gasteiger partial charge on any atom is -0.235 e. The summed E-state index contributed by atoms with van der Waals surface area (Å²) in [6.45, 7) is 2.07. The van der Waals surface area contributed by atoms with Crippen molar-refractivity contribution >= 4 is 59.2 Å². The minimum absolute atomic E-state index is 0.528. The number of thiophene rings is 1. The van der Waals surface area contributed by atoms with E-state index in [1.807, 2.05) is 0 Å². The van der Waals surface area contributed by atoms with Gasteiger partial charge in [-0.2, -0.15) is 0 Å². The maximum absolute atomic E-state index is 6.06. The van der Waals surface area contributed by atoms with Crippen LogP contribution >= 0.6 is 38.9 Å². The highest BCUT2D eigenvalue weighted by Crippen LogP contribution is 2.37. The smallest absolute Gasteiger partial charge is 0.150 e. The molecule has 2 nitrogen and oxygen atoms in total. The predicted molar refractivity (Wildman–Crippen MR) is 72.4 cm³/mol. The molecule has 0 spiro atoms. The summed E-state index contributed by atoms with van der Waals surface area (Å²) in [6, 6.07) is 4.23. The van der Waals surface area contributed by atoms with Gasteiger partial charge >= 0.3 is 0 Å². The number of fused-ring (bicyclic) bond motifs is 3. The van der Waals surface area contributed by atoms with Crippen LogP contribution in [0.1, 0.15) is 5.56 Å². The Kier molecular flexibility index (Phi) is 2.38. The van der Waals surface area contributed by atoms with E-state index in [0.717, 1.165) is 20.1 Å². The van der Waals surface area contributed by atoms with Crippen molar-refractivity contribution in [1.82, 2.24) is 9.97 Å². The van der Waals surface area contributed by atoms with E-state index >= 15 is 0 Å². The van der Waals surface area contributed by atoms with Crippen LogP contribution in [0.5, 0.6) is 0 Å². The van der Waals surface area contributed by atoms with Crippen molar-refractivity contribution in [2.75, 3.05) is 0 Å². The Morgan fingerprint density at radius 2 is 2.12 bits per heavy atom. The molecule has 2 heterocycles. The van der Waals surface area contributed by atoms with Crippen molar-refractivity contribution in [3.63, 3.8) is 0 Å². The first-order valence-electron chi connectivity index (χ1n) is 4.65. The Hall–Kier alpha value is -0.710. The molecule has 0 radical (unpaired) electrons. The lowest BCUT2D eigenvalue weighted by atomic mass is 10.2.